The molecule has 1 amide bonds. The third-order valence-electron chi connectivity index (χ3n) is 6.51. The molecule has 1 fully saturated rings. The van der Waals surface area contributed by atoms with Crippen LogP contribution in [0.25, 0.3) is 11.0 Å². The fraction of sp³-hybridized carbons (Fsp3) is 0.583. The van der Waals surface area contributed by atoms with Gasteiger partial charge in [0, 0.05) is 32.8 Å². The summed E-state index contributed by atoms with van der Waals surface area (Å²) in [5.74, 6) is 1.38. The molecule has 0 radical (unpaired) electrons. The molecule has 6 nitrogen and oxygen atoms in total. The second-order valence-electron chi connectivity index (χ2n) is 8.99. The van der Waals surface area contributed by atoms with E-state index in [1.807, 2.05) is 11.0 Å². The quantitative estimate of drug-likeness (QED) is 0.683. The molecule has 3 heterocycles. The maximum absolute atomic E-state index is 13.5. The molecule has 0 saturated carbocycles. The van der Waals surface area contributed by atoms with Crippen LogP contribution < -0.4 is 0 Å². The van der Waals surface area contributed by atoms with Crippen molar-refractivity contribution in [3.63, 3.8) is 0 Å². The topological polar surface area (TPSA) is 50.6 Å². The molecule has 1 aromatic heterocycles. The first-order valence-corrected chi connectivity index (χ1v) is 11.2. The number of para-hydroxylation sites is 2. The van der Waals surface area contributed by atoms with Gasteiger partial charge in [0.2, 0.25) is 5.91 Å². The predicted octanol–water partition coefficient (Wildman–Crippen LogP) is 3.63. The largest absolute Gasteiger partial charge is 0.383 e. The molecule has 1 saturated heterocycles. The Bertz CT molecular complexity index is 919. The molecule has 30 heavy (non-hydrogen) atoms. The number of methoxy groups -OCH3 is 1. The van der Waals surface area contributed by atoms with Gasteiger partial charge < -0.3 is 14.2 Å². The van der Waals surface area contributed by atoms with Crippen molar-refractivity contribution in [3.05, 3.63) is 42.2 Å². The minimum Gasteiger partial charge on any atom is -0.383 e. The molecular weight excluding hydrogens is 376 g/mol. The van der Waals surface area contributed by atoms with Crippen molar-refractivity contribution in [3.8, 4) is 0 Å². The Kier molecular flexibility index (Phi) is 6.25. The first-order chi connectivity index (χ1) is 14.5. The molecule has 0 N–H and O–H groups in total. The fourth-order valence-electron chi connectivity index (χ4n) is 5.10. The molecule has 2 aromatic rings. The van der Waals surface area contributed by atoms with Gasteiger partial charge in [-0.1, -0.05) is 24.3 Å². The number of nitrogens with zero attached hydrogens (tertiary/aromatic N) is 4. The molecule has 1 spiro atoms. The van der Waals surface area contributed by atoms with Crippen molar-refractivity contribution in [2.45, 2.75) is 45.7 Å². The highest BCUT2D eigenvalue weighted by Gasteiger charge is 2.44. The lowest BCUT2D eigenvalue weighted by Gasteiger charge is -2.42. The van der Waals surface area contributed by atoms with Crippen LogP contribution in [-0.4, -0.2) is 65.2 Å². The van der Waals surface area contributed by atoms with E-state index in [0.29, 0.717) is 25.7 Å². The minimum absolute atomic E-state index is 0.284. The third kappa shape index (κ3) is 4.03. The Morgan fingerprint density at radius 3 is 2.87 bits per heavy atom. The number of benzene rings is 1. The Morgan fingerprint density at radius 1 is 1.23 bits per heavy atom. The summed E-state index contributed by atoms with van der Waals surface area (Å²) in [6.45, 7) is 8.93. The summed E-state index contributed by atoms with van der Waals surface area (Å²) in [7, 11) is 1.69. The maximum Gasteiger partial charge on any atom is 0.230 e. The summed E-state index contributed by atoms with van der Waals surface area (Å²) >= 11 is 0. The van der Waals surface area contributed by atoms with Crippen LogP contribution in [0.2, 0.25) is 0 Å². The van der Waals surface area contributed by atoms with E-state index in [1.54, 1.807) is 7.11 Å². The van der Waals surface area contributed by atoms with E-state index < -0.39 is 0 Å². The zero-order valence-corrected chi connectivity index (χ0v) is 18.5. The van der Waals surface area contributed by atoms with Gasteiger partial charge in [-0.05, 0) is 51.8 Å². The van der Waals surface area contributed by atoms with Gasteiger partial charge in [-0.15, -0.1) is 0 Å². The van der Waals surface area contributed by atoms with Crippen molar-refractivity contribution in [1.29, 1.82) is 0 Å². The highest BCUT2D eigenvalue weighted by atomic mass is 16.5. The molecule has 162 valence electrons. The summed E-state index contributed by atoms with van der Waals surface area (Å²) in [4.78, 5) is 22.9. The summed E-state index contributed by atoms with van der Waals surface area (Å²) in [5, 5.41) is 0. The molecule has 0 aliphatic carbocycles. The Hall–Kier alpha value is -2.18. The standard InChI is InChI=1S/C24H34N4O2/c1-19(2)28-21-10-5-4-9-20(21)25-22(28)17-26-13-8-12-24(18-26)11-6-7-14-27(23(24)29)15-16-30-3/h4-7,9-10,19H,8,11-18H2,1-3H3. The molecule has 2 aliphatic heterocycles. The Labute approximate surface area is 179 Å². The monoisotopic (exact) mass is 410 g/mol. The first-order valence-electron chi connectivity index (χ1n) is 11.2. The molecule has 1 atom stereocenters. The number of likely N-dealkylation sites (tertiary alicyclic amines) is 1. The average molecular weight is 411 g/mol. The number of amides is 1. The number of fused-ring (bicyclic) bond motifs is 1. The number of carbonyl (C=O) groups excluding carboxylic acids is 1. The Morgan fingerprint density at radius 2 is 2.07 bits per heavy atom. The number of rotatable bonds is 6. The van der Waals surface area contributed by atoms with E-state index in [2.05, 4.69) is 53.7 Å². The second kappa shape index (κ2) is 8.90. The van der Waals surface area contributed by atoms with Gasteiger partial charge in [-0.25, -0.2) is 4.98 Å². The number of allylic oxidation sites excluding steroid dienone is 1. The number of piperidine rings is 1. The van der Waals surface area contributed by atoms with E-state index in [9.17, 15) is 4.79 Å². The van der Waals surface area contributed by atoms with Gasteiger partial charge in [0.25, 0.3) is 0 Å². The van der Waals surface area contributed by atoms with Crippen LogP contribution in [0.15, 0.2) is 36.4 Å². The van der Waals surface area contributed by atoms with Crippen LogP contribution >= 0.6 is 0 Å². The lowest BCUT2D eigenvalue weighted by molar-refractivity contribution is -0.145. The molecule has 0 bridgehead atoms. The van der Waals surface area contributed by atoms with Crippen LogP contribution in [0.4, 0.5) is 0 Å². The zero-order valence-electron chi connectivity index (χ0n) is 18.5. The summed E-state index contributed by atoms with van der Waals surface area (Å²) in [6.07, 6.45) is 7.17. The number of aromatic nitrogens is 2. The maximum atomic E-state index is 13.5. The van der Waals surface area contributed by atoms with Crippen LogP contribution in [0.1, 0.15) is 45.0 Å². The van der Waals surface area contributed by atoms with E-state index in [1.165, 1.54) is 5.52 Å². The summed E-state index contributed by atoms with van der Waals surface area (Å²) in [5.41, 5.74) is 1.91. The SMILES string of the molecule is COCCN1CC=CCC2(CCCN(Cc3nc4ccccc4n3C(C)C)C2)C1=O. The molecule has 4 rings (SSSR count). The van der Waals surface area contributed by atoms with Crippen LogP contribution in [0.3, 0.4) is 0 Å². The number of hydrogen-bond donors (Lipinski definition) is 0. The highest BCUT2D eigenvalue weighted by Crippen LogP contribution is 2.38. The highest BCUT2D eigenvalue weighted by molar-refractivity contribution is 5.84. The van der Waals surface area contributed by atoms with Gasteiger partial charge in [-0.3, -0.25) is 9.69 Å². The van der Waals surface area contributed by atoms with Gasteiger partial charge in [0.05, 0.1) is 29.6 Å². The van der Waals surface area contributed by atoms with Gasteiger partial charge in [0.1, 0.15) is 5.82 Å². The van der Waals surface area contributed by atoms with Crippen molar-refractivity contribution in [1.82, 2.24) is 19.4 Å². The second-order valence-corrected chi connectivity index (χ2v) is 8.99. The summed E-state index contributed by atoms with van der Waals surface area (Å²) < 4.78 is 7.58. The lowest BCUT2D eigenvalue weighted by atomic mass is 9.76. The van der Waals surface area contributed by atoms with E-state index >= 15 is 0 Å². The smallest absolute Gasteiger partial charge is 0.230 e. The molecule has 2 aliphatic rings. The zero-order chi connectivity index (χ0) is 21.1. The van der Waals surface area contributed by atoms with Crippen molar-refractivity contribution < 1.29 is 9.53 Å². The number of ether oxygens (including phenoxy) is 1. The normalized spacial score (nSPS) is 23.1. The predicted molar refractivity (Wildman–Crippen MR) is 119 cm³/mol. The van der Waals surface area contributed by atoms with Crippen LogP contribution in [0.5, 0.6) is 0 Å². The fourth-order valence-corrected chi connectivity index (χ4v) is 5.10. The van der Waals surface area contributed by atoms with Crippen LogP contribution in [0, 0.1) is 5.41 Å². The number of imidazole rings is 1. The Balaban J connectivity index is 1.57. The molecule has 1 unspecified atom stereocenters. The van der Waals surface area contributed by atoms with Crippen LogP contribution in [-0.2, 0) is 16.1 Å². The van der Waals surface area contributed by atoms with E-state index in [4.69, 9.17) is 9.72 Å². The molecule has 1 aromatic carbocycles. The van der Waals surface area contributed by atoms with E-state index in [-0.39, 0.29) is 11.3 Å². The lowest BCUT2D eigenvalue weighted by Crippen LogP contribution is -2.52. The number of hydrogen-bond acceptors (Lipinski definition) is 4. The summed E-state index contributed by atoms with van der Waals surface area (Å²) in [6, 6.07) is 8.70. The first kappa shape index (κ1) is 21.1. The van der Waals surface area contributed by atoms with E-state index in [0.717, 1.165) is 50.2 Å². The van der Waals surface area contributed by atoms with Crippen molar-refractivity contribution >= 4 is 16.9 Å². The van der Waals surface area contributed by atoms with Gasteiger partial charge in [-0.2, -0.15) is 0 Å². The third-order valence-corrected chi connectivity index (χ3v) is 6.51. The van der Waals surface area contributed by atoms with Crippen molar-refractivity contribution in [2.75, 3.05) is 39.9 Å². The van der Waals surface area contributed by atoms with Gasteiger partial charge >= 0.3 is 0 Å². The van der Waals surface area contributed by atoms with Gasteiger partial charge in [0.15, 0.2) is 0 Å². The average Bonchev–Trinajstić information content (AvgIpc) is 3.04. The minimum atomic E-state index is -0.326. The molecule has 6 heteroatoms. The van der Waals surface area contributed by atoms with Crippen molar-refractivity contribution in [2.24, 2.45) is 5.41 Å². The molecular formula is C24H34N4O2. The number of carbonyl (C=O) groups is 1.